The Bertz CT molecular complexity index is 1170. The minimum Gasteiger partial charge on any atom is -0.355 e. The summed E-state index contributed by atoms with van der Waals surface area (Å²) in [6.07, 6.45) is 4.05. The molecule has 2 heterocycles. The lowest BCUT2D eigenvalue weighted by molar-refractivity contribution is -0.124. The first-order chi connectivity index (χ1) is 14.4. The van der Waals surface area contributed by atoms with Gasteiger partial charge in [0.2, 0.25) is 15.9 Å². The topological polar surface area (TPSA) is 71.4 Å². The van der Waals surface area contributed by atoms with E-state index in [9.17, 15) is 13.2 Å². The highest BCUT2D eigenvalue weighted by molar-refractivity contribution is 7.89. The number of carbonyl (C=O) groups is 1. The van der Waals surface area contributed by atoms with Crippen molar-refractivity contribution < 1.29 is 13.2 Å². The maximum atomic E-state index is 13.6. The van der Waals surface area contributed by atoms with Gasteiger partial charge in [-0.1, -0.05) is 29.8 Å². The molecule has 1 atom stereocenters. The van der Waals surface area contributed by atoms with Gasteiger partial charge in [0.25, 0.3) is 0 Å². The first-order valence-corrected chi connectivity index (χ1v) is 11.8. The van der Waals surface area contributed by atoms with Crippen molar-refractivity contribution in [3.63, 3.8) is 0 Å². The van der Waals surface area contributed by atoms with Gasteiger partial charge in [0.05, 0.1) is 4.90 Å². The van der Waals surface area contributed by atoms with E-state index in [2.05, 4.69) is 5.32 Å². The molecule has 6 nitrogen and oxygen atoms in total. The molecule has 8 heteroatoms. The molecule has 0 aliphatic carbocycles. The average molecular weight is 446 g/mol. The van der Waals surface area contributed by atoms with E-state index >= 15 is 0 Å². The number of carbonyl (C=O) groups excluding carboxylic acids is 1. The molecule has 0 bridgehead atoms. The van der Waals surface area contributed by atoms with Crippen LogP contribution < -0.4 is 5.32 Å². The number of hydrogen-bond acceptors (Lipinski definition) is 3. The number of aryl methyl sites for hydroxylation is 1. The Morgan fingerprint density at radius 3 is 2.63 bits per heavy atom. The fraction of sp³-hybridized carbons (Fsp3) is 0.318. The summed E-state index contributed by atoms with van der Waals surface area (Å²) >= 11 is 5.96. The average Bonchev–Trinajstić information content (AvgIpc) is 2.89. The Labute approximate surface area is 181 Å². The predicted molar refractivity (Wildman–Crippen MR) is 118 cm³/mol. The third kappa shape index (κ3) is 3.97. The number of aromatic nitrogens is 1. The molecule has 1 aliphatic heterocycles. The molecule has 1 aromatic heterocycles. The highest BCUT2D eigenvalue weighted by Gasteiger charge is 2.37. The largest absolute Gasteiger partial charge is 0.355 e. The van der Waals surface area contributed by atoms with E-state index in [1.807, 2.05) is 42.1 Å². The number of benzene rings is 2. The van der Waals surface area contributed by atoms with Gasteiger partial charge in [-0.2, -0.15) is 4.31 Å². The number of rotatable bonds is 5. The van der Waals surface area contributed by atoms with Gasteiger partial charge in [0.1, 0.15) is 6.04 Å². The van der Waals surface area contributed by atoms with Crippen LogP contribution in [0.15, 0.2) is 59.6 Å². The Hall–Kier alpha value is -2.35. The summed E-state index contributed by atoms with van der Waals surface area (Å²) in [6, 6.07) is 13.2. The van der Waals surface area contributed by atoms with Crippen molar-refractivity contribution in [2.24, 2.45) is 7.05 Å². The summed E-state index contributed by atoms with van der Waals surface area (Å²) in [5.74, 6) is -0.245. The van der Waals surface area contributed by atoms with Crippen LogP contribution in [-0.2, 0) is 28.4 Å². The van der Waals surface area contributed by atoms with Crippen molar-refractivity contribution in [3.8, 4) is 0 Å². The lowest BCUT2D eigenvalue weighted by Gasteiger charge is -2.29. The van der Waals surface area contributed by atoms with Crippen molar-refractivity contribution >= 4 is 38.4 Å². The zero-order valence-electron chi connectivity index (χ0n) is 16.7. The molecule has 1 N–H and O–H groups in total. The van der Waals surface area contributed by atoms with Crippen LogP contribution in [-0.4, -0.2) is 35.8 Å². The van der Waals surface area contributed by atoms with Crippen molar-refractivity contribution in [3.05, 3.63) is 65.3 Å². The minimum atomic E-state index is -3.92. The number of nitrogens with one attached hydrogen (secondary N) is 1. The summed E-state index contributed by atoms with van der Waals surface area (Å²) < 4.78 is 30.6. The van der Waals surface area contributed by atoms with Crippen LogP contribution in [0.2, 0.25) is 5.02 Å². The lowest BCUT2D eigenvalue weighted by atomic mass is 10.1. The third-order valence-electron chi connectivity index (χ3n) is 5.58. The van der Waals surface area contributed by atoms with Crippen LogP contribution in [0, 0.1) is 0 Å². The second-order valence-corrected chi connectivity index (χ2v) is 9.92. The fourth-order valence-electron chi connectivity index (χ4n) is 4.02. The molecule has 0 saturated carbocycles. The van der Waals surface area contributed by atoms with Crippen LogP contribution in [0.25, 0.3) is 10.9 Å². The molecule has 30 heavy (non-hydrogen) atoms. The summed E-state index contributed by atoms with van der Waals surface area (Å²) in [5.41, 5.74) is 1.88. The van der Waals surface area contributed by atoms with E-state index in [0.29, 0.717) is 18.0 Å². The second-order valence-electron chi connectivity index (χ2n) is 7.59. The number of nitrogens with zero attached hydrogens (tertiary/aromatic N) is 2. The Morgan fingerprint density at radius 2 is 1.87 bits per heavy atom. The van der Waals surface area contributed by atoms with E-state index in [1.54, 1.807) is 12.1 Å². The molecule has 1 aliphatic rings. The molecule has 2 aromatic carbocycles. The molecule has 0 radical (unpaired) electrons. The smallest absolute Gasteiger partial charge is 0.244 e. The molecule has 1 fully saturated rings. The molecule has 158 valence electrons. The Morgan fingerprint density at radius 1 is 1.13 bits per heavy atom. The highest BCUT2D eigenvalue weighted by atomic mass is 35.5. The summed E-state index contributed by atoms with van der Waals surface area (Å²) in [4.78, 5) is 12.9. The number of sulfonamides is 1. The highest BCUT2D eigenvalue weighted by Crippen LogP contribution is 2.29. The van der Waals surface area contributed by atoms with Gasteiger partial charge in [0, 0.05) is 42.3 Å². The van der Waals surface area contributed by atoms with Gasteiger partial charge in [-0.05, 0) is 55.2 Å². The normalized spacial score (nSPS) is 17.8. The quantitative estimate of drug-likeness (QED) is 0.651. The van der Waals surface area contributed by atoms with Gasteiger partial charge in [0.15, 0.2) is 0 Å². The van der Waals surface area contributed by atoms with E-state index in [1.165, 1.54) is 16.4 Å². The maximum Gasteiger partial charge on any atom is 0.244 e. The maximum absolute atomic E-state index is 13.6. The zero-order chi connectivity index (χ0) is 21.3. The predicted octanol–water partition coefficient (Wildman–Crippen LogP) is 3.69. The van der Waals surface area contributed by atoms with Crippen molar-refractivity contribution in [1.82, 2.24) is 14.2 Å². The standard InChI is InChI=1S/C22H24ClN3O3S/c1-25-14-16(19-6-2-3-7-20(19)25)15-26(21-8-4-5-13-24-22(21)27)30(28,29)18-11-9-17(23)10-12-18/h2-3,6-7,9-12,14,21H,4-5,8,13,15H2,1H3,(H,24,27)/t21-/m1/s1. The Balaban J connectivity index is 1.80. The zero-order valence-corrected chi connectivity index (χ0v) is 18.3. The number of halogens is 1. The summed E-state index contributed by atoms with van der Waals surface area (Å²) in [6.45, 7) is 0.683. The van der Waals surface area contributed by atoms with E-state index in [-0.39, 0.29) is 17.3 Å². The van der Waals surface area contributed by atoms with Crippen LogP contribution >= 0.6 is 11.6 Å². The van der Waals surface area contributed by atoms with Crippen molar-refractivity contribution in [2.45, 2.75) is 36.7 Å². The molecule has 0 spiro atoms. The van der Waals surface area contributed by atoms with Gasteiger partial charge < -0.3 is 9.88 Å². The van der Waals surface area contributed by atoms with Gasteiger partial charge in [-0.3, -0.25) is 4.79 Å². The minimum absolute atomic E-state index is 0.115. The van der Waals surface area contributed by atoms with Crippen molar-refractivity contribution in [2.75, 3.05) is 6.54 Å². The fourth-order valence-corrected chi connectivity index (χ4v) is 5.74. The Kier molecular flexibility index (Phi) is 5.86. The molecule has 1 saturated heterocycles. The van der Waals surface area contributed by atoms with Gasteiger partial charge >= 0.3 is 0 Å². The van der Waals surface area contributed by atoms with Gasteiger partial charge in [-0.15, -0.1) is 0 Å². The van der Waals surface area contributed by atoms with Crippen LogP contribution in [0.3, 0.4) is 0 Å². The van der Waals surface area contributed by atoms with Crippen LogP contribution in [0.1, 0.15) is 24.8 Å². The van der Waals surface area contributed by atoms with Crippen molar-refractivity contribution in [1.29, 1.82) is 0 Å². The van der Waals surface area contributed by atoms with E-state index < -0.39 is 16.1 Å². The lowest BCUT2D eigenvalue weighted by Crippen LogP contribution is -2.48. The van der Waals surface area contributed by atoms with Gasteiger partial charge in [-0.25, -0.2) is 8.42 Å². The number of fused-ring (bicyclic) bond motifs is 1. The molecule has 1 amide bonds. The molecule has 0 unspecified atom stereocenters. The SMILES string of the molecule is Cn1cc(CN([C@@H]2CCCCNC2=O)S(=O)(=O)c2ccc(Cl)cc2)c2ccccc21. The van der Waals surface area contributed by atoms with Crippen LogP contribution in [0.4, 0.5) is 0 Å². The van der Waals surface area contributed by atoms with Crippen LogP contribution in [0.5, 0.6) is 0 Å². The first kappa shape index (κ1) is 20.9. The summed E-state index contributed by atoms with van der Waals surface area (Å²) in [7, 11) is -1.99. The summed E-state index contributed by atoms with van der Waals surface area (Å²) in [5, 5.41) is 4.30. The molecular weight excluding hydrogens is 422 g/mol. The molecular formula is C22H24ClN3O3S. The second kappa shape index (κ2) is 8.41. The van der Waals surface area contributed by atoms with E-state index in [0.717, 1.165) is 29.3 Å². The molecule has 4 rings (SSSR count). The first-order valence-electron chi connectivity index (χ1n) is 9.96. The number of hydrogen-bond donors (Lipinski definition) is 1. The third-order valence-corrected chi connectivity index (χ3v) is 7.70. The van der Waals surface area contributed by atoms with E-state index in [4.69, 9.17) is 11.6 Å². The number of para-hydroxylation sites is 1. The molecule has 3 aromatic rings. The monoisotopic (exact) mass is 445 g/mol. The number of amides is 1.